The molecule has 0 bridgehead atoms. The Balaban J connectivity index is 1.43. The number of aromatic nitrogens is 2. The van der Waals surface area contributed by atoms with Crippen LogP contribution in [0.25, 0.3) is 0 Å². The van der Waals surface area contributed by atoms with E-state index in [9.17, 15) is 0 Å². The lowest BCUT2D eigenvalue weighted by Gasteiger charge is -2.33. The summed E-state index contributed by atoms with van der Waals surface area (Å²) in [5.74, 6) is 1.92. The van der Waals surface area contributed by atoms with Gasteiger partial charge in [0.25, 0.3) is 0 Å². The summed E-state index contributed by atoms with van der Waals surface area (Å²) in [5.41, 5.74) is 1.46. The standard InChI is InChI=1S/C19H27N3/c1-17-20-11-14-22(17)16-19-10-6-13-21(15-19)12-5-9-18-7-3-2-4-8-18/h2-4,7-8,11,14,19H,5-6,9-10,12-13,15-16H2,1H3. The summed E-state index contributed by atoms with van der Waals surface area (Å²) in [6, 6.07) is 10.8. The van der Waals surface area contributed by atoms with Crippen LogP contribution < -0.4 is 0 Å². The van der Waals surface area contributed by atoms with Gasteiger partial charge in [0.05, 0.1) is 0 Å². The molecule has 1 fully saturated rings. The Morgan fingerprint density at radius 3 is 2.86 bits per heavy atom. The fraction of sp³-hybridized carbons (Fsp3) is 0.526. The molecule has 22 heavy (non-hydrogen) atoms. The molecule has 2 heterocycles. The van der Waals surface area contributed by atoms with Gasteiger partial charge in [-0.15, -0.1) is 0 Å². The number of hydrogen-bond acceptors (Lipinski definition) is 2. The Bertz CT molecular complexity index is 561. The number of nitrogens with zero attached hydrogens (tertiary/aromatic N) is 3. The lowest BCUT2D eigenvalue weighted by atomic mass is 9.97. The molecule has 3 rings (SSSR count). The number of aryl methyl sites for hydroxylation is 2. The molecule has 2 aromatic rings. The van der Waals surface area contributed by atoms with Crippen molar-refractivity contribution in [2.24, 2.45) is 5.92 Å². The van der Waals surface area contributed by atoms with Crippen molar-refractivity contribution in [1.29, 1.82) is 0 Å². The van der Waals surface area contributed by atoms with Crippen molar-refractivity contribution in [3.8, 4) is 0 Å². The molecule has 1 saturated heterocycles. The van der Waals surface area contributed by atoms with Crippen molar-refractivity contribution < 1.29 is 0 Å². The van der Waals surface area contributed by atoms with E-state index in [0.717, 1.165) is 18.3 Å². The van der Waals surface area contributed by atoms with Crippen LogP contribution in [0.5, 0.6) is 0 Å². The number of piperidine rings is 1. The summed E-state index contributed by atoms with van der Waals surface area (Å²) in [6.07, 6.45) is 9.18. The van der Waals surface area contributed by atoms with Crippen molar-refractivity contribution in [2.75, 3.05) is 19.6 Å². The molecule has 0 amide bonds. The van der Waals surface area contributed by atoms with Gasteiger partial charge in [-0.3, -0.25) is 0 Å². The Kier molecular flexibility index (Phi) is 5.28. The second-order valence-electron chi connectivity index (χ2n) is 6.52. The number of imidazole rings is 1. The van der Waals surface area contributed by atoms with Gasteiger partial charge in [-0.1, -0.05) is 30.3 Å². The summed E-state index contributed by atoms with van der Waals surface area (Å²) < 4.78 is 2.30. The van der Waals surface area contributed by atoms with Gasteiger partial charge in [0.1, 0.15) is 5.82 Å². The van der Waals surface area contributed by atoms with Gasteiger partial charge in [-0.25, -0.2) is 4.98 Å². The van der Waals surface area contributed by atoms with Crippen LogP contribution in [0.3, 0.4) is 0 Å². The number of likely N-dealkylation sites (tertiary alicyclic amines) is 1. The summed E-state index contributed by atoms with van der Waals surface area (Å²) in [7, 11) is 0. The van der Waals surface area contributed by atoms with Crippen molar-refractivity contribution in [1.82, 2.24) is 14.5 Å². The van der Waals surface area contributed by atoms with Crippen LogP contribution in [0.2, 0.25) is 0 Å². The van der Waals surface area contributed by atoms with Gasteiger partial charge in [-0.05, 0) is 57.2 Å². The largest absolute Gasteiger partial charge is 0.335 e. The van der Waals surface area contributed by atoms with Crippen LogP contribution in [-0.4, -0.2) is 34.1 Å². The van der Waals surface area contributed by atoms with Gasteiger partial charge >= 0.3 is 0 Å². The Labute approximate surface area is 134 Å². The maximum atomic E-state index is 4.33. The second-order valence-corrected chi connectivity index (χ2v) is 6.52. The van der Waals surface area contributed by atoms with E-state index in [1.807, 2.05) is 6.20 Å². The van der Waals surface area contributed by atoms with Crippen molar-refractivity contribution >= 4 is 0 Å². The molecule has 1 aliphatic heterocycles. The molecule has 1 atom stereocenters. The molecule has 1 aliphatic rings. The third-order valence-electron chi connectivity index (χ3n) is 4.76. The third-order valence-corrected chi connectivity index (χ3v) is 4.76. The smallest absolute Gasteiger partial charge is 0.105 e. The van der Waals surface area contributed by atoms with E-state index >= 15 is 0 Å². The van der Waals surface area contributed by atoms with E-state index in [4.69, 9.17) is 0 Å². The highest BCUT2D eigenvalue weighted by Gasteiger charge is 2.20. The van der Waals surface area contributed by atoms with E-state index in [2.05, 4.69) is 57.9 Å². The monoisotopic (exact) mass is 297 g/mol. The first-order valence-corrected chi connectivity index (χ1v) is 8.55. The zero-order valence-electron chi connectivity index (χ0n) is 13.6. The van der Waals surface area contributed by atoms with Crippen LogP contribution in [0.1, 0.15) is 30.7 Å². The van der Waals surface area contributed by atoms with E-state index in [1.165, 1.54) is 50.9 Å². The minimum Gasteiger partial charge on any atom is -0.335 e. The highest BCUT2D eigenvalue weighted by atomic mass is 15.1. The minimum atomic E-state index is 0.776. The van der Waals surface area contributed by atoms with Gasteiger partial charge < -0.3 is 9.47 Å². The SMILES string of the molecule is Cc1nccn1CC1CCCN(CCCc2ccccc2)C1. The second kappa shape index (κ2) is 7.59. The van der Waals surface area contributed by atoms with Crippen LogP contribution in [0, 0.1) is 12.8 Å². The molecule has 0 radical (unpaired) electrons. The van der Waals surface area contributed by atoms with Gasteiger partial charge in [0.2, 0.25) is 0 Å². The third kappa shape index (κ3) is 4.20. The van der Waals surface area contributed by atoms with Crippen molar-refractivity contribution in [2.45, 2.75) is 39.2 Å². The number of benzene rings is 1. The summed E-state index contributed by atoms with van der Waals surface area (Å²) >= 11 is 0. The topological polar surface area (TPSA) is 21.1 Å². The van der Waals surface area contributed by atoms with Crippen molar-refractivity contribution in [3.05, 3.63) is 54.1 Å². The minimum absolute atomic E-state index is 0.776. The molecule has 1 aromatic heterocycles. The number of hydrogen-bond donors (Lipinski definition) is 0. The average molecular weight is 297 g/mol. The summed E-state index contributed by atoms with van der Waals surface area (Å²) in [5, 5.41) is 0. The van der Waals surface area contributed by atoms with Crippen LogP contribution in [-0.2, 0) is 13.0 Å². The zero-order valence-corrected chi connectivity index (χ0v) is 13.6. The summed E-state index contributed by atoms with van der Waals surface area (Å²) in [4.78, 5) is 6.99. The molecule has 0 aliphatic carbocycles. The first kappa shape index (κ1) is 15.3. The fourth-order valence-electron chi connectivity index (χ4n) is 3.53. The molecule has 0 N–H and O–H groups in total. The van der Waals surface area contributed by atoms with Crippen LogP contribution in [0.4, 0.5) is 0 Å². The Morgan fingerprint density at radius 1 is 1.23 bits per heavy atom. The lowest BCUT2D eigenvalue weighted by Crippen LogP contribution is -2.37. The highest BCUT2D eigenvalue weighted by Crippen LogP contribution is 2.19. The predicted molar refractivity (Wildman–Crippen MR) is 90.9 cm³/mol. The quantitative estimate of drug-likeness (QED) is 0.813. The molecular formula is C19H27N3. The Hall–Kier alpha value is -1.61. The first-order chi connectivity index (χ1) is 10.8. The maximum Gasteiger partial charge on any atom is 0.105 e. The molecule has 0 spiro atoms. The molecule has 1 unspecified atom stereocenters. The highest BCUT2D eigenvalue weighted by molar-refractivity contribution is 5.14. The molecule has 3 nitrogen and oxygen atoms in total. The molecule has 1 aromatic carbocycles. The molecular weight excluding hydrogens is 270 g/mol. The first-order valence-electron chi connectivity index (χ1n) is 8.55. The lowest BCUT2D eigenvalue weighted by molar-refractivity contribution is 0.161. The van der Waals surface area contributed by atoms with Gasteiger partial charge in [-0.2, -0.15) is 0 Å². The predicted octanol–water partition coefficient (Wildman–Crippen LogP) is 3.54. The van der Waals surface area contributed by atoms with Gasteiger partial charge in [0, 0.05) is 25.5 Å². The van der Waals surface area contributed by atoms with E-state index < -0.39 is 0 Å². The molecule has 3 heteroatoms. The molecule has 0 saturated carbocycles. The van der Waals surface area contributed by atoms with E-state index in [-0.39, 0.29) is 0 Å². The van der Waals surface area contributed by atoms with E-state index in [0.29, 0.717) is 0 Å². The summed E-state index contributed by atoms with van der Waals surface area (Å²) in [6.45, 7) is 6.97. The van der Waals surface area contributed by atoms with E-state index in [1.54, 1.807) is 0 Å². The maximum absolute atomic E-state index is 4.33. The van der Waals surface area contributed by atoms with Crippen LogP contribution >= 0.6 is 0 Å². The number of rotatable bonds is 6. The van der Waals surface area contributed by atoms with Crippen molar-refractivity contribution in [3.63, 3.8) is 0 Å². The molecule has 118 valence electrons. The normalized spacial score (nSPS) is 19.4. The zero-order chi connectivity index (χ0) is 15.2. The Morgan fingerprint density at radius 2 is 2.09 bits per heavy atom. The van der Waals surface area contributed by atoms with Crippen LogP contribution in [0.15, 0.2) is 42.7 Å². The van der Waals surface area contributed by atoms with Gasteiger partial charge in [0.15, 0.2) is 0 Å². The average Bonchev–Trinajstić information content (AvgIpc) is 2.94. The fourth-order valence-corrected chi connectivity index (χ4v) is 3.53.